The van der Waals surface area contributed by atoms with Crippen molar-refractivity contribution < 1.29 is 14.6 Å². The monoisotopic (exact) mass is 335 g/mol. The molecule has 1 amide bonds. The maximum absolute atomic E-state index is 11.7. The molecule has 0 heterocycles. The van der Waals surface area contributed by atoms with Crippen molar-refractivity contribution in [2.24, 2.45) is 11.7 Å². The number of ether oxygens (including phenoxy) is 1. The Kier molecular flexibility index (Phi) is 9.97. The van der Waals surface area contributed by atoms with Crippen molar-refractivity contribution in [3.63, 3.8) is 0 Å². The molecule has 4 heteroatoms. The number of benzene rings is 1. The molecule has 0 radical (unpaired) electrons. The van der Waals surface area contributed by atoms with E-state index in [1.807, 2.05) is 6.07 Å². The van der Waals surface area contributed by atoms with E-state index in [-0.39, 0.29) is 17.6 Å². The quantitative estimate of drug-likeness (QED) is 0.518. The third-order valence-corrected chi connectivity index (χ3v) is 4.53. The first kappa shape index (κ1) is 20.3. The van der Waals surface area contributed by atoms with E-state index >= 15 is 0 Å². The van der Waals surface area contributed by atoms with Crippen LogP contribution < -0.4 is 10.5 Å². The van der Waals surface area contributed by atoms with Gasteiger partial charge in [0.1, 0.15) is 0 Å². The Labute approximate surface area is 146 Å². The van der Waals surface area contributed by atoms with Crippen molar-refractivity contribution in [3.8, 4) is 11.5 Å². The summed E-state index contributed by atoms with van der Waals surface area (Å²) in [5.41, 5.74) is 6.53. The molecule has 0 saturated carbocycles. The van der Waals surface area contributed by atoms with Crippen molar-refractivity contribution in [2.75, 3.05) is 7.11 Å². The minimum atomic E-state index is -0.245. The largest absolute Gasteiger partial charge is 0.504 e. The molecule has 4 nitrogen and oxygen atoms in total. The summed E-state index contributed by atoms with van der Waals surface area (Å²) in [6.07, 6.45) is 11.4. The zero-order chi connectivity index (χ0) is 17.8. The van der Waals surface area contributed by atoms with E-state index in [1.54, 1.807) is 12.1 Å². The highest BCUT2D eigenvalue weighted by atomic mass is 16.5. The molecule has 1 atom stereocenters. The van der Waals surface area contributed by atoms with Crippen LogP contribution in [0.25, 0.3) is 0 Å². The SMILES string of the molecule is CCCCCCCCCCC(Cc1ccc(O)c(OC)c1)C(N)=O. The second kappa shape index (κ2) is 11.8. The number of phenols is 1. The molecule has 3 N–H and O–H groups in total. The summed E-state index contributed by atoms with van der Waals surface area (Å²) in [6.45, 7) is 2.23. The van der Waals surface area contributed by atoms with Gasteiger partial charge in [-0.2, -0.15) is 0 Å². The molecular formula is C20H33NO3. The summed E-state index contributed by atoms with van der Waals surface area (Å²) in [7, 11) is 1.52. The van der Waals surface area contributed by atoms with Crippen molar-refractivity contribution in [1.29, 1.82) is 0 Å². The summed E-state index contributed by atoms with van der Waals surface area (Å²) < 4.78 is 5.11. The van der Waals surface area contributed by atoms with E-state index < -0.39 is 0 Å². The van der Waals surface area contributed by atoms with Gasteiger partial charge in [-0.05, 0) is 30.5 Å². The number of primary amides is 1. The van der Waals surface area contributed by atoms with Crippen LogP contribution in [0.15, 0.2) is 18.2 Å². The summed E-state index contributed by atoms with van der Waals surface area (Å²) in [6, 6.07) is 5.20. The first-order valence-corrected chi connectivity index (χ1v) is 9.23. The first-order valence-electron chi connectivity index (χ1n) is 9.23. The normalized spacial score (nSPS) is 12.1. The Hall–Kier alpha value is -1.71. The number of methoxy groups -OCH3 is 1. The van der Waals surface area contributed by atoms with Gasteiger partial charge in [0.25, 0.3) is 0 Å². The van der Waals surface area contributed by atoms with Crippen LogP contribution in [0.3, 0.4) is 0 Å². The second-order valence-electron chi connectivity index (χ2n) is 6.57. The van der Waals surface area contributed by atoms with Crippen LogP contribution in [0.2, 0.25) is 0 Å². The molecule has 24 heavy (non-hydrogen) atoms. The number of aromatic hydroxyl groups is 1. The minimum absolute atomic E-state index is 0.111. The molecule has 0 bridgehead atoms. The van der Waals surface area contributed by atoms with Gasteiger partial charge in [0.05, 0.1) is 7.11 Å². The third-order valence-electron chi connectivity index (χ3n) is 4.53. The van der Waals surface area contributed by atoms with Crippen LogP contribution in [0.4, 0.5) is 0 Å². The predicted octanol–water partition coefficient (Wildman–Crippen LogP) is 4.58. The minimum Gasteiger partial charge on any atom is -0.504 e. The third kappa shape index (κ3) is 7.71. The average molecular weight is 335 g/mol. The Morgan fingerprint density at radius 3 is 2.33 bits per heavy atom. The summed E-state index contributed by atoms with van der Waals surface area (Å²) in [5.74, 6) is 0.145. The number of phenolic OH excluding ortho intramolecular Hbond substituents is 1. The molecule has 1 unspecified atom stereocenters. The molecule has 0 spiro atoms. The maximum atomic E-state index is 11.7. The van der Waals surface area contributed by atoms with Crippen LogP contribution in [0, 0.1) is 5.92 Å². The Bertz CT molecular complexity index is 488. The standard InChI is InChI=1S/C20H33NO3/c1-3-4-5-6-7-8-9-10-11-17(20(21)23)14-16-12-13-18(22)19(15-16)24-2/h12-13,15,17,22H,3-11,14H2,1-2H3,(H2,21,23). The number of nitrogens with two attached hydrogens (primary N) is 1. The van der Waals surface area contributed by atoms with Crippen molar-refractivity contribution in [3.05, 3.63) is 23.8 Å². The molecule has 0 aromatic heterocycles. The second-order valence-corrected chi connectivity index (χ2v) is 6.57. The summed E-state index contributed by atoms with van der Waals surface area (Å²) in [4.78, 5) is 11.7. The molecule has 1 rings (SSSR count). The lowest BCUT2D eigenvalue weighted by Gasteiger charge is -2.14. The van der Waals surface area contributed by atoms with Gasteiger partial charge in [0, 0.05) is 5.92 Å². The lowest BCUT2D eigenvalue weighted by Crippen LogP contribution is -2.25. The lowest BCUT2D eigenvalue weighted by molar-refractivity contribution is -0.122. The molecular weight excluding hydrogens is 302 g/mol. The number of amides is 1. The van der Waals surface area contributed by atoms with Gasteiger partial charge in [-0.25, -0.2) is 0 Å². The van der Waals surface area contributed by atoms with Crippen molar-refractivity contribution in [1.82, 2.24) is 0 Å². The van der Waals surface area contributed by atoms with E-state index in [2.05, 4.69) is 6.92 Å². The number of carbonyl (C=O) groups is 1. The topological polar surface area (TPSA) is 72.6 Å². The lowest BCUT2D eigenvalue weighted by atomic mass is 9.92. The molecule has 136 valence electrons. The van der Waals surface area contributed by atoms with Crippen LogP contribution >= 0.6 is 0 Å². The number of hydrogen-bond acceptors (Lipinski definition) is 3. The molecule has 0 aliphatic heterocycles. The summed E-state index contributed by atoms with van der Waals surface area (Å²) in [5, 5.41) is 9.64. The van der Waals surface area contributed by atoms with Gasteiger partial charge in [-0.15, -0.1) is 0 Å². The van der Waals surface area contributed by atoms with Gasteiger partial charge in [0.2, 0.25) is 5.91 Å². The fourth-order valence-electron chi connectivity index (χ4n) is 3.00. The van der Waals surface area contributed by atoms with Gasteiger partial charge >= 0.3 is 0 Å². The van der Waals surface area contributed by atoms with Crippen LogP contribution in [-0.2, 0) is 11.2 Å². The molecule has 0 fully saturated rings. The first-order chi connectivity index (χ1) is 11.6. The smallest absolute Gasteiger partial charge is 0.220 e. The summed E-state index contributed by atoms with van der Waals surface area (Å²) >= 11 is 0. The highest BCUT2D eigenvalue weighted by Gasteiger charge is 2.16. The maximum Gasteiger partial charge on any atom is 0.220 e. The van der Waals surface area contributed by atoms with Crippen LogP contribution in [0.1, 0.15) is 70.3 Å². The zero-order valence-corrected chi connectivity index (χ0v) is 15.2. The van der Waals surface area contributed by atoms with E-state index in [4.69, 9.17) is 10.5 Å². The Morgan fingerprint density at radius 2 is 1.75 bits per heavy atom. The number of hydrogen-bond donors (Lipinski definition) is 2. The number of unbranched alkanes of at least 4 members (excludes halogenated alkanes) is 7. The Morgan fingerprint density at radius 1 is 1.12 bits per heavy atom. The van der Waals surface area contributed by atoms with Crippen molar-refractivity contribution >= 4 is 5.91 Å². The zero-order valence-electron chi connectivity index (χ0n) is 15.2. The molecule has 0 aliphatic rings. The van der Waals surface area contributed by atoms with E-state index in [9.17, 15) is 9.90 Å². The van der Waals surface area contributed by atoms with E-state index in [0.29, 0.717) is 12.2 Å². The van der Waals surface area contributed by atoms with Gasteiger partial charge in [-0.3, -0.25) is 4.79 Å². The van der Waals surface area contributed by atoms with Gasteiger partial charge in [-0.1, -0.05) is 64.4 Å². The fourth-order valence-corrected chi connectivity index (χ4v) is 3.00. The Balaban J connectivity index is 2.35. The molecule has 1 aromatic rings. The van der Waals surface area contributed by atoms with Crippen molar-refractivity contribution in [2.45, 2.75) is 71.1 Å². The highest BCUT2D eigenvalue weighted by molar-refractivity contribution is 5.77. The molecule has 0 aliphatic carbocycles. The predicted molar refractivity (Wildman–Crippen MR) is 98.3 cm³/mol. The number of carbonyl (C=O) groups excluding carboxylic acids is 1. The number of rotatable bonds is 13. The molecule has 1 aromatic carbocycles. The van der Waals surface area contributed by atoms with Crippen LogP contribution in [-0.4, -0.2) is 18.1 Å². The molecule has 0 saturated heterocycles. The van der Waals surface area contributed by atoms with E-state index in [1.165, 1.54) is 45.6 Å². The van der Waals surface area contributed by atoms with E-state index in [0.717, 1.165) is 24.8 Å². The van der Waals surface area contributed by atoms with Gasteiger partial charge < -0.3 is 15.6 Å². The van der Waals surface area contributed by atoms with Gasteiger partial charge in [0.15, 0.2) is 11.5 Å². The fraction of sp³-hybridized carbons (Fsp3) is 0.650. The average Bonchev–Trinajstić information content (AvgIpc) is 2.57. The van der Waals surface area contributed by atoms with Crippen LogP contribution in [0.5, 0.6) is 11.5 Å². The highest BCUT2D eigenvalue weighted by Crippen LogP contribution is 2.28.